The van der Waals surface area contributed by atoms with E-state index in [-0.39, 0.29) is 12.5 Å². The van der Waals surface area contributed by atoms with Crippen LogP contribution in [0.2, 0.25) is 0 Å². The zero-order valence-corrected chi connectivity index (χ0v) is 12.0. The summed E-state index contributed by atoms with van der Waals surface area (Å²) in [7, 11) is 0. The Bertz CT molecular complexity index is 432. The van der Waals surface area contributed by atoms with Gasteiger partial charge < -0.3 is 10.4 Å². The van der Waals surface area contributed by atoms with Gasteiger partial charge in [-0.15, -0.1) is 12.6 Å². The lowest BCUT2D eigenvalue weighted by molar-refractivity contribution is -0.115. The van der Waals surface area contributed by atoms with Crippen LogP contribution in [0.25, 0.3) is 5.57 Å². The first-order valence-electron chi connectivity index (χ1n) is 6.53. The molecule has 0 unspecified atom stereocenters. The van der Waals surface area contributed by atoms with Crippen molar-refractivity contribution in [3.8, 4) is 0 Å². The van der Waals surface area contributed by atoms with Crippen LogP contribution in [-0.2, 0) is 4.79 Å². The monoisotopic (exact) mass is 279 g/mol. The highest BCUT2D eigenvalue weighted by Gasteiger charge is 2.10. The number of thiol groups is 1. The van der Waals surface area contributed by atoms with Crippen LogP contribution in [0.1, 0.15) is 31.2 Å². The standard InChI is InChI=1S/C15H21NO2S/c1-12(13-8-4-5-9-14(13)19)15(18)16-10-6-2-3-7-11-17/h4-5,8-9,17,19H,1-3,6-7,10-11H2,(H,16,18). The van der Waals surface area contributed by atoms with Crippen molar-refractivity contribution in [3.05, 3.63) is 36.4 Å². The van der Waals surface area contributed by atoms with Crippen molar-refractivity contribution in [2.24, 2.45) is 0 Å². The maximum Gasteiger partial charge on any atom is 0.251 e. The Morgan fingerprint density at radius 1 is 1.21 bits per heavy atom. The molecule has 0 bridgehead atoms. The molecule has 0 aromatic heterocycles. The Hall–Kier alpha value is -1.26. The van der Waals surface area contributed by atoms with Gasteiger partial charge in [0.15, 0.2) is 0 Å². The molecule has 0 saturated carbocycles. The maximum atomic E-state index is 11.9. The third-order valence-corrected chi connectivity index (χ3v) is 3.26. The summed E-state index contributed by atoms with van der Waals surface area (Å²) in [5.41, 5.74) is 1.21. The third-order valence-electron chi connectivity index (χ3n) is 2.87. The fourth-order valence-corrected chi connectivity index (χ4v) is 2.05. The van der Waals surface area contributed by atoms with Gasteiger partial charge in [0.2, 0.25) is 0 Å². The van der Waals surface area contributed by atoms with Gasteiger partial charge in [-0.3, -0.25) is 4.79 Å². The largest absolute Gasteiger partial charge is 0.396 e. The number of unbranched alkanes of at least 4 members (excludes halogenated alkanes) is 3. The Labute approximate surface area is 120 Å². The van der Waals surface area contributed by atoms with Gasteiger partial charge in [0.05, 0.1) is 0 Å². The lowest BCUT2D eigenvalue weighted by Gasteiger charge is -2.09. The summed E-state index contributed by atoms with van der Waals surface area (Å²) in [5, 5.41) is 11.5. The second-order valence-corrected chi connectivity index (χ2v) is 4.87. The zero-order chi connectivity index (χ0) is 14.1. The van der Waals surface area contributed by atoms with Gasteiger partial charge in [-0.2, -0.15) is 0 Å². The van der Waals surface area contributed by atoms with E-state index >= 15 is 0 Å². The second-order valence-electron chi connectivity index (χ2n) is 4.39. The van der Waals surface area contributed by atoms with Crippen LogP contribution in [0.5, 0.6) is 0 Å². The molecule has 1 amide bonds. The predicted octanol–water partition coefficient (Wildman–Crippen LogP) is 2.66. The van der Waals surface area contributed by atoms with Gasteiger partial charge in [-0.05, 0) is 24.5 Å². The van der Waals surface area contributed by atoms with Gasteiger partial charge in [-0.25, -0.2) is 0 Å². The lowest BCUT2D eigenvalue weighted by atomic mass is 10.1. The van der Waals surface area contributed by atoms with Crippen molar-refractivity contribution in [1.29, 1.82) is 0 Å². The number of carbonyl (C=O) groups excluding carboxylic acids is 1. The predicted molar refractivity (Wildman–Crippen MR) is 81.3 cm³/mol. The van der Waals surface area contributed by atoms with Crippen LogP contribution in [0.15, 0.2) is 35.7 Å². The Balaban J connectivity index is 2.34. The van der Waals surface area contributed by atoms with Crippen LogP contribution in [-0.4, -0.2) is 24.2 Å². The molecular weight excluding hydrogens is 258 g/mol. The average Bonchev–Trinajstić information content (AvgIpc) is 2.42. The van der Waals surface area contributed by atoms with E-state index in [1.165, 1.54) is 0 Å². The molecule has 2 N–H and O–H groups in total. The molecule has 1 rings (SSSR count). The van der Waals surface area contributed by atoms with Gasteiger partial charge in [-0.1, -0.05) is 37.6 Å². The zero-order valence-electron chi connectivity index (χ0n) is 11.1. The van der Waals surface area contributed by atoms with Crippen LogP contribution < -0.4 is 5.32 Å². The Morgan fingerprint density at radius 2 is 1.89 bits per heavy atom. The molecular formula is C15H21NO2S. The van der Waals surface area contributed by atoms with Gasteiger partial charge in [0.1, 0.15) is 0 Å². The topological polar surface area (TPSA) is 49.3 Å². The summed E-state index contributed by atoms with van der Waals surface area (Å²) in [6.45, 7) is 4.69. The van der Waals surface area contributed by atoms with Gasteiger partial charge >= 0.3 is 0 Å². The molecule has 0 aliphatic rings. The van der Waals surface area contributed by atoms with E-state index in [9.17, 15) is 4.79 Å². The van der Waals surface area contributed by atoms with Crippen molar-refractivity contribution in [2.75, 3.05) is 13.2 Å². The molecule has 0 atom stereocenters. The molecule has 3 nitrogen and oxygen atoms in total. The van der Waals surface area contributed by atoms with Gasteiger partial charge in [0, 0.05) is 23.6 Å². The highest BCUT2D eigenvalue weighted by Crippen LogP contribution is 2.20. The third kappa shape index (κ3) is 5.49. The molecule has 1 aromatic rings. The number of aliphatic hydroxyl groups is 1. The first-order chi connectivity index (χ1) is 9.16. The second kappa shape index (κ2) is 8.77. The number of rotatable bonds is 8. The number of hydrogen-bond donors (Lipinski definition) is 3. The molecule has 104 valence electrons. The number of nitrogens with one attached hydrogen (secondary N) is 1. The average molecular weight is 279 g/mol. The van der Waals surface area contributed by atoms with Crippen molar-refractivity contribution in [3.63, 3.8) is 0 Å². The summed E-state index contributed by atoms with van der Waals surface area (Å²) in [6, 6.07) is 7.41. The lowest BCUT2D eigenvalue weighted by Crippen LogP contribution is -2.25. The fourth-order valence-electron chi connectivity index (χ4n) is 1.75. The first kappa shape index (κ1) is 15.8. The van der Waals surface area contributed by atoms with E-state index in [4.69, 9.17) is 5.11 Å². The van der Waals surface area contributed by atoms with Crippen molar-refractivity contribution in [1.82, 2.24) is 5.32 Å². The molecule has 0 saturated heterocycles. The molecule has 0 heterocycles. The minimum Gasteiger partial charge on any atom is -0.396 e. The fraction of sp³-hybridized carbons (Fsp3) is 0.400. The minimum absolute atomic E-state index is 0.149. The Morgan fingerprint density at radius 3 is 2.58 bits per heavy atom. The summed E-state index contributed by atoms with van der Waals surface area (Å²) >= 11 is 4.32. The molecule has 0 radical (unpaired) electrons. The maximum absolute atomic E-state index is 11.9. The number of amides is 1. The van der Waals surface area contributed by atoms with E-state index in [2.05, 4.69) is 24.5 Å². The number of aliphatic hydroxyl groups excluding tert-OH is 1. The molecule has 19 heavy (non-hydrogen) atoms. The van der Waals surface area contributed by atoms with Crippen LogP contribution in [0, 0.1) is 0 Å². The van der Waals surface area contributed by atoms with Crippen LogP contribution in [0.3, 0.4) is 0 Å². The van der Waals surface area contributed by atoms with Crippen molar-refractivity contribution in [2.45, 2.75) is 30.6 Å². The van der Waals surface area contributed by atoms with Crippen LogP contribution >= 0.6 is 12.6 Å². The highest BCUT2D eigenvalue weighted by atomic mass is 32.1. The molecule has 0 aliphatic carbocycles. The van der Waals surface area contributed by atoms with Crippen LogP contribution in [0.4, 0.5) is 0 Å². The smallest absolute Gasteiger partial charge is 0.251 e. The highest BCUT2D eigenvalue weighted by molar-refractivity contribution is 7.80. The number of carbonyl (C=O) groups is 1. The van der Waals surface area contributed by atoms with E-state index < -0.39 is 0 Å². The normalized spacial score (nSPS) is 10.2. The molecule has 1 aromatic carbocycles. The molecule has 0 spiro atoms. The molecule has 4 heteroatoms. The van der Waals surface area contributed by atoms with E-state index in [0.29, 0.717) is 12.1 Å². The first-order valence-corrected chi connectivity index (χ1v) is 6.98. The summed E-state index contributed by atoms with van der Waals surface area (Å²) in [5.74, 6) is -0.149. The summed E-state index contributed by atoms with van der Waals surface area (Å²) < 4.78 is 0. The van der Waals surface area contributed by atoms with E-state index in [0.717, 1.165) is 36.1 Å². The minimum atomic E-state index is -0.149. The summed E-state index contributed by atoms with van der Waals surface area (Å²) in [4.78, 5) is 12.7. The van der Waals surface area contributed by atoms with Gasteiger partial charge in [0.25, 0.3) is 5.91 Å². The van der Waals surface area contributed by atoms with Crippen molar-refractivity contribution < 1.29 is 9.90 Å². The quantitative estimate of drug-likeness (QED) is 0.389. The van der Waals surface area contributed by atoms with E-state index in [1.807, 2.05) is 24.3 Å². The number of hydrogen-bond acceptors (Lipinski definition) is 3. The Kier molecular flexibility index (Phi) is 7.30. The molecule has 0 aliphatic heterocycles. The van der Waals surface area contributed by atoms with Crippen molar-refractivity contribution >= 4 is 24.1 Å². The molecule has 0 fully saturated rings. The SMILES string of the molecule is C=C(C(=O)NCCCCCCO)c1ccccc1S. The number of benzene rings is 1. The van der Waals surface area contributed by atoms with E-state index in [1.54, 1.807) is 0 Å². The summed E-state index contributed by atoms with van der Waals surface area (Å²) in [6.07, 6.45) is 3.75.